The molecule has 9 nitrogen and oxygen atoms in total. The first kappa shape index (κ1) is 25.2. The van der Waals surface area contributed by atoms with Crippen molar-refractivity contribution in [2.24, 2.45) is 0 Å². The summed E-state index contributed by atoms with van der Waals surface area (Å²) in [5.41, 5.74) is 1.96. The molecule has 0 fully saturated rings. The molecule has 0 saturated carbocycles. The Kier molecular flexibility index (Phi) is 8.46. The van der Waals surface area contributed by atoms with Crippen molar-refractivity contribution in [2.75, 3.05) is 5.32 Å². The number of rotatable bonds is 7. The average molecular weight is 490 g/mol. The van der Waals surface area contributed by atoms with E-state index in [0.29, 0.717) is 21.7 Å². The molecule has 0 saturated heterocycles. The van der Waals surface area contributed by atoms with Crippen LogP contribution >= 0.6 is 11.6 Å². The van der Waals surface area contributed by atoms with Crippen LogP contribution in [0.4, 0.5) is 5.69 Å². The fourth-order valence-electron chi connectivity index (χ4n) is 3.26. The number of carboxylic acid groups (broad SMARTS) is 1. The predicted molar refractivity (Wildman–Crippen MR) is 118 cm³/mol. The van der Waals surface area contributed by atoms with Gasteiger partial charge >= 0.3 is 57.4 Å². The van der Waals surface area contributed by atoms with Gasteiger partial charge in [-0.2, -0.15) is 0 Å². The van der Waals surface area contributed by atoms with Crippen LogP contribution in [0.2, 0.25) is 5.02 Å². The second-order valence-corrected chi connectivity index (χ2v) is 7.40. The molecule has 0 aliphatic heterocycles. The SMILES string of the molecule is O=C(O)Cn1cc(C(=O)c2cncc(NC(=O)Cc3ccc(Cl)cc3)c2)c2cncnc21.[H-].[K+]. The van der Waals surface area contributed by atoms with Crippen molar-refractivity contribution >= 4 is 46.0 Å². The van der Waals surface area contributed by atoms with E-state index in [-0.39, 0.29) is 82.8 Å². The zero-order valence-electron chi connectivity index (χ0n) is 18.5. The van der Waals surface area contributed by atoms with Gasteiger partial charge in [-0.25, -0.2) is 9.97 Å². The Bertz CT molecular complexity index is 1350. The van der Waals surface area contributed by atoms with Crippen LogP contribution in [0, 0.1) is 0 Å². The number of benzene rings is 1. The Hall–Kier alpha value is -2.47. The van der Waals surface area contributed by atoms with Gasteiger partial charge in [0.25, 0.3) is 0 Å². The van der Waals surface area contributed by atoms with Gasteiger partial charge in [-0.1, -0.05) is 23.7 Å². The van der Waals surface area contributed by atoms with Crippen LogP contribution in [0.1, 0.15) is 22.9 Å². The molecule has 2 N–H and O–H groups in total. The van der Waals surface area contributed by atoms with Gasteiger partial charge in [0.05, 0.1) is 23.9 Å². The van der Waals surface area contributed by atoms with Gasteiger partial charge in [-0.05, 0) is 23.8 Å². The van der Waals surface area contributed by atoms with E-state index in [0.717, 1.165) is 5.56 Å². The molecule has 0 aliphatic carbocycles. The van der Waals surface area contributed by atoms with Crippen molar-refractivity contribution in [3.63, 3.8) is 0 Å². The van der Waals surface area contributed by atoms with Gasteiger partial charge in [0.1, 0.15) is 18.5 Å². The summed E-state index contributed by atoms with van der Waals surface area (Å²) < 4.78 is 1.37. The molecule has 0 aliphatic rings. The fourth-order valence-corrected chi connectivity index (χ4v) is 3.38. The Balaban J connectivity index is 0.00000204. The van der Waals surface area contributed by atoms with Crippen LogP contribution in [0.3, 0.4) is 0 Å². The number of nitrogens with zero attached hydrogens (tertiary/aromatic N) is 4. The number of carbonyl (C=O) groups is 3. The molecule has 11 heteroatoms. The number of ketones is 1. The number of fused-ring (bicyclic) bond motifs is 1. The number of anilines is 1. The van der Waals surface area contributed by atoms with E-state index in [1.54, 1.807) is 24.3 Å². The summed E-state index contributed by atoms with van der Waals surface area (Å²) in [5, 5.41) is 12.9. The van der Waals surface area contributed by atoms with Crippen LogP contribution in [-0.2, 0) is 22.6 Å². The van der Waals surface area contributed by atoms with Crippen molar-refractivity contribution in [3.8, 4) is 0 Å². The van der Waals surface area contributed by atoms with Crippen molar-refractivity contribution in [3.05, 3.63) is 83.2 Å². The minimum absolute atomic E-state index is 0. The minimum atomic E-state index is -1.06. The minimum Gasteiger partial charge on any atom is -1.00 e. The van der Waals surface area contributed by atoms with Crippen molar-refractivity contribution < 1.29 is 72.3 Å². The Labute approximate surface area is 237 Å². The van der Waals surface area contributed by atoms with Gasteiger partial charge in [0.2, 0.25) is 5.91 Å². The van der Waals surface area contributed by atoms with Crippen molar-refractivity contribution in [1.29, 1.82) is 0 Å². The summed E-state index contributed by atoms with van der Waals surface area (Å²) in [4.78, 5) is 48.7. The largest absolute Gasteiger partial charge is 1.00 e. The molecule has 4 aromatic rings. The van der Waals surface area contributed by atoms with Gasteiger partial charge in [0, 0.05) is 34.6 Å². The number of carbonyl (C=O) groups excluding carboxylic acids is 2. The van der Waals surface area contributed by atoms with Crippen LogP contribution < -0.4 is 56.7 Å². The number of hydrogen-bond acceptors (Lipinski definition) is 6. The van der Waals surface area contributed by atoms with Crippen molar-refractivity contribution in [2.45, 2.75) is 13.0 Å². The standard InChI is InChI=1S/C22H16ClN5O4.K.H/c23-15-3-1-13(2-4-15)5-19(29)27-16-6-14(7-24-8-16)21(32)18-10-28(11-20(30)31)22-17(18)9-25-12-26-22;;/h1-4,6-10,12H,5,11H2,(H,27,29)(H,30,31);;/q;+1;-1. The molecule has 1 aromatic carbocycles. The Morgan fingerprint density at radius 2 is 1.85 bits per heavy atom. The molecule has 4 rings (SSSR count). The zero-order chi connectivity index (χ0) is 22.7. The van der Waals surface area contributed by atoms with Gasteiger partial charge in [0.15, 0.2) is 5.78 Å². The summed E-state index contributed by atoms with van der Waals surface area (Å²) in [7, 11) is 0. The zero-order valence-corrected chi connectivity index (χ0v) is 21.4. The maximum absolute atomic E-state index is 13.1. The van der Waals surface area contributed by atoms with E-state index in [4.69, 9.17) is 16.7 Å². The van der Waals surface area contributed by atoms with Gasteiger partial charge in [-0.3, -0.25) is 19.4 Å². The van der Waals surface area contributed by atoms with E-state index >= 15 is 0 Å². The number of nitrogens with one attached hydrogen (secondary N) is 1. The molecule has 1 amide bonds. The second kappa shape index (κ2) is 11.1. The summed E-state index contributed by atoms with van der Waals surface area (Å²) in [6.07, 6.45) is 7.12. The normalized spacial score (nSPS) is 10.5. The number of aliphatic carboxylic acids is 1. The number of aromatic nitrogens is 4. The van der Waals surface area contributed by atoms with Crippen LogP contribution in [0.5, 0.6) is 0 Å². The van der Waals surface area contributed by atoms with E-state index < -0.39 is 11.8 Å². The molecule has 0 bridgehead atoms. The molecule has 3 aromatic heterocycles. The predicted octanol–water partition coefficient (Wildman–Crippen LogP) is 0.0930. The van der Waals surface area contributed by atoms with Crippen LogP contribution in [0.15, 0.2) is 61.4 Å². The smallest absolute Gasteiger partial charge is 1.00 e. The number of hydrogen-bond donors (Lipinski definition) is 2. The molecule has 33 heavy (non-hydrogen) atoms. The molecule has 0 spiro atoms. The van der Waals surface area contributed by atoms with Crippen LogP contribution in [-0.4, -0.2) is 42.3 Å². The molecule has 0 radical (unpaired) electrons. The Morgan fingerprint density at radius 3 is 2.58 bits per heavy atom. The third-order valence-electron chi connectivity index (χ3n) is 4.65. The molecule has 162 valence electrons. The number of pyridine rings is 1. The van der Waals surface area contributed by atoms with Crippen molar-refractivity contribution in [1.82, 2.24) is 19.5 Å². The maximum Gasteiger partial charge on any atom is 1.00 e. The molecular formula is C22H17ClKN5O4. The fraction of sp³-hybridized carbons (Fsp3) is 0.0909. The summed E-state index contributed by atoms with van der Waals surface area (Å²) in [6.45, 7) is -0.347. The van der Waals surface area contributed by atoms with Gasteiger partial charge < -0.3 is 16.4 Å². The molecular weight excluding hydrogens is 473 g/mol. The topological polar surface area (TPSA) is 127 Å². The summed E-state index contributed by atoms with van der Waals surface area (Å²) >= 11 is 5.86. The van der Waals surface area contributed by atoms with E-state index in [1.165, 1.54) is 41.7 Å². The summed E-state index contributed by atoms with van der Waals surface area (Å²) in [6, 6.07) is 8.44. The molecule has 0 unspecified atom stereocenters. The van der Waals surface area contributed by atoms with Crippen LogP contribution in [0.25, 0.3) is 11.0 Å². The average Bonchev–Trinajstić information content (AvgIpc) is 3.13. The summed E-state index contributed by atoms with van der Waals surface area (Å²) in [5.74, 6) is -1.73. The molecule has 3 heterocycles. The third-order valence-corrected chi connectivity index (χ3v) is 4.90. The van der Waals surface area contributed by atoms with E-state index in [1.807, 2.05) is 0 Å². The first-order chi connectivity index (χ1) is 15.4. The van der Waals surface area contributed by atoms with E-state index in [9.17, 15) is 14.4 Å². The Morgan fingerprint density at radius 1 is 1.09 bits per heavy atom. The monoisotopic (exact) mass is 489 g/mol. The first-order valence-corrected chi connectivity index (χ1v) is 9.83. The number of carboxylic acids is 1. The van der Waals surface area contributed by atoms with E-state index in [2.05, 4.69) is 20.3 Å². The second-order valence-electron chi connectivity index (χ2n) is 6.97. The van der Waals surface area contributed by atoms with Gasteiger partial charge in [-0.15, -0.1) is 0 Å². The first-order valence-electron chi connectivity index (χ1n) is 9.45. The number of amides is 1. The maximum atomic E-state index is 13.1. The quantitative estimate of drug-likeness (QED) is 0.278. The third kappa shape index (κ3) is 6.11. The molecule has 0 atom stereocenters. The number of halogens is 1.